The zero-order valence-electron chi connectivity index (χ0n) is 23.6. The Morgan fingerprint density at radius 1 is 1.05 bits per heavy atom. The Balaban J connectivity index is 1.35. The number of pyridine rings is 1. The number of amides is 1. The van der Waals surface area contributed by atoms with Crippen LogP contribution in [0.3, 0.4) is 0 Å². The molecule has 8 nitrogen and oxygen atoms in total. The topological polar surface area (TPSA) is 91.7 Å². The molecule has 1 fully saturated rings. The van der Waals surface area contributed by atoms with Gasteiger partial charge in [-0.3, -0.25) is 9.59 Å². The molecule has 1 aromatic heterocycles. The fourth-order valence-electron chi connectivity index (χ4n) is 6.18. The Morgan fingerprint density at radius 2 is 1.85 bits per heavy atom. The summed E-state index contributed by atoms with van der Waals surface area (Å²) in [7, 11) is -3.82. The van der Waals surface area contributed by atoms with Crippen LogP contribution in [0.2, 0.25) is 0 Å². The minimum atomic E-state index is -3.82. The maximum atomic E-state index is 13.6. The number of aryl methyl sites for hydroxylation is 1. The van der Waals surface area contributed by atoms with Crippen molar-refractivity contribution in [3.63, 3.8) is 0 Å². The zero-order chi connectivity index (χ0) is 28.3. The highest BCUT2D eigenvalue weighted by molar-refractivity contribution is 7.89. The molecule has 2 aromatic carbocycles. The van der Waals surface area contributed by atoms with Gasteiger partial charge in [-0.05, 0) is 74.9 Å². The minimum Gasteiger partial charge on any atom is -0.352 e. The summed E-state index contributed by atoms with van der Waals surface area (Å²) < 4.78 is 30.5. The number of carbonyl (C=O) groups excluding carboxylic acids is 1. The Hall–Kier alpha value is -3.01. The molecule has 0 radical (unpaired) electrons. The lowest BCUT2D eigenvalue weighted by molar-refractivity contribution is 0.0945. The van der Waals surface area contributed by atoms with E-state index in [1.54, 1.807) is 18.3 Å². The van der Waals surface area contributed by atoms with Crippen LogP contribution in [0.1, 0.15) is 67.4 Å². The van der Waals surface area contributed by atoms with Crippen LogP contribution < -0.4 is 10.7 Å². The smallest absolute Gasteiger partial charge is 0.256 e. The number of nitrogens with one attached hydrogen (secondary N) is 1. The van der Waals surface area contributed by atoms with Crippen molar-refractivity contribution in [1.29, 1.82) is 0 Å². The van der Waals surface area contributed by atoms with Crippen LogP contribution in [-0.2, 0) is 29.5 Å². The number of piperidine rings is 1. The van der Waals surface area contributed by atoms with E-state index < -0.39 is 21.4 Å². The summed E-state index contributed by atoms with van der Waals surface area (Å²) in [6.45, 7) is 7.91. The third kappa shape index (κ3) is 5.73. The quantitative estimate of drug-likeness (QED) is 0.394. The maximum Gasteiger partial charge on any atom is 0.256 e. The Labute approximate surface area is 237 Å². The SMILES string of the molecule is CC[C@@H]1CCCCN1CCCNC(=O)c1cn(CC)c2ccc(S(=O)(=O)N3CCc4ccccc4C3)cc2c1=O. The van der Waals surface area contributed by atoms with Gasteiger partial charge in [-0.15, -0.1) is 0 Å². The van der Waals surface area contributed by atoms with Crippen molar-refractivity contribution < 1.29 is 13.2 Å². The summed E-state index contributed by atoms with van der Waals surface area (Å²) in [4.78, 5) is 29.2. The molecule has 0 bridgehead atoms. The molecule has 2 aliphatic rings. The number of benzene rings is 2. The van der Waals surface area contributed by atoms with Gasteiger partial charge in [0, 0.05) is 50.3 Å². The van der Waals surface area contributed by atoms with Gasteiger partial charge in [0.05, 0.1) is 10.4 Å². The second-order valence-electron chi connectivity index (χ2n) is 10.9. The van der Waals surface area contributed by atoms with E-state index in [4.69, 9.17) is 0 Å². The fraction of sp³-hybridized carbons (Fsp3) is 0.484. The molecular weight excluding hydrogens is 524 g/mol. The highest BCUT2D eigenvalue weighted by Crippen LogP contribution is 2.27. The lowest BCUT2D eigenvalue weighted by atomic mass is 10.00. The summed E-state index contributed by atoms with van der Waals surface area (Å²) in [5, 5.41) is 3.17. The molecule has 0 saturated carbocycles. The molecule has 0 unspecified atom stereocenters. The standard InChI is InChI=1S/C31H40N4O4S/c1-3-25-12-7-8-17-34(25)18-9-16-32-31(37)28-22-33(4-2)29-14-13-26(20-27(29)30(28)36)40(38,39)35-19-15-23-10-5-6-11-24(23)21-35/h5-6,10-11,13-14,20,22,25H,3-4,7-9,12,15-19,21H2,1-2H3,(H,32,37)/t25-/m1/s1. The molecule has 1 N–H and O–H groups in total. The molecule has 40 heavy (non-hydrogen) atoms. The number of carbonyl (C=O) groups is 1. The number of rotatable bonds is 9. The first kappa shape index (κ1) is 28.5. The van der Waals surface area contributed by atoms with Crippen molar-refractivity contribution in [2.45, 2.75) is 76.4 Å². The molecular formula is C31H40N4O4S. The lowest BCUT2D eigenvalue weighted by Gasteiger charge is -2.35. The Bertz CT molecular complexity index is 1550. The second kappa shape index (κ2) is 12.2. The van der Waals surface area contributed by atoms with E-state index in [9.17, 15) is 18.0 Å². The molecule has 9 heteroatoms. The second-order valence-corrected chi connectivity index (χ2v) is 12.8. The van der Waals surface area contributed by atoms with Gasteiger partial charge in [0.25, 0.3) is 5.91 Å². The van der Waals surface area contributed by atoms with E-state index >= 15 is 0 Å². The van der Waals surface area contributed by atoms with Crippen molar-refractivity contribution >= 4 is 26.8 Å². The highest BCUT2D eigenvalue weighted by Gasteiger charge is 2.29. The maximum absolute atomic E-state index is 13.6. The van der Waals surface area contributed by atoms with Crippen molar-refractivity contribution in [3.8, 4) is 0 Å². The number of sulfonamides is 1. The van der Waals surface area contributed by atoms with E-state index in [1.807, 2.05) is 35.8 Å². The van der Waals surface area contributed by atoms with E-state index in [0.29, 0.717) is 44.2 Å². The van der Waals surface area contributed by atoms with Gasteiger partial charge < -0.3 is 14.8 Å². The van der Waals surface area contributed by atoms with Crippen molar-refractivity contribution in [2.24, 2.45) is 0 Å². The van der Waals surface area contributed by atoms with Crippen LogP contribution in [0.5, 0.6) is 0 Å². The van der Waals surface area contributed by atoms with Gasteiger partial charge in [0.15, 0.2) is 0 Å². The number of nitrogens with zero attached hydrogens (tertiary/aromatic N) is 3. The van der Waals surface area contributed by atoms with E-state index in [1.165, 1.54) is 29.6 Å². The molecule has 214 valence electrons. The third-order valence-corrected chi connectivity index (χ3v) is 10.3. The van der Waals surface area contributed by atoms with E-state index in [2.05, 4.69) is 17.1 Å². The van der Waals surface area contributed by atoms with Crippen molar-refractivity contribution in [1.82, 2.24) is 19.1 Å². The highest BCUT2D eigenvalue weighted by atomic mass is 32.2. The van der Waals surface area contributed by atoms with Crippen LogP contribution in [0.4, 0.5) is 0 Å². The predicted octanol–water partition coefficient (Wildman–Crippen LogP) is 4.15. The number of aromatic nitrogens is 1. The molecule has 1 atom stereocenters. The van der Waals surface area contributed by atoms with Crippen LogP contribution in [0, 0.1) is 0 Å². The average molecular weight is 565 g/mol. The Kier molecular flexibility index (Phi) is 8.73. The monoisotopic (exact) mass is 564 g/mol. The molecule has 1 amide bonds. The summed E-state index contributed by atoms with van der Waals surface area (Å²) in [6.07, 6.45) is 7.94. The van der Waals surface area contributed by atoms with Gasteiger partial charge >= 0.3 is 0 Å². The summed E-state index contributed by atoms with van der Waals surface area (Å²) >= 11 is 0. The van der Waals surface area contributed by atoms with Gasteiger partial charge in [-0.1, -0.05) is 37.6 Å². The van der Waals surface area contributed by atoms with Crippen LogP contribution in [0.25, 0.3) is 10.9 Å². The van der Waals surface area contributed by atoms with Crippen LogP contribution in [-0.4, -0.2) is 60.3 Å². The van der Waals surface area contributed by atoms with E-state index in [0.717, 1.165) is 37.1 Å². The first-order chi connectivity index (χ1) is 19.3. The van der Waals surface area contributed by atoms with Gasteiger partial charge in [0.1, 0.15) is 5.56 Å². The van der Waals surface area contributed by atoms with Gasteiger partial charge in [0.2, 0.25) is 15.5 Å². The first-order valence-corrected chi connectivity index (χ1v) is 16.0. The lowest BCUT2D eigenvalue weighted by Crippen LogP contribution is -2.40. The molecule has 5 rings (SSSR count). The normalized spacial score (nSPS) is 18.5. The summed E-state index contributed by atoms with van der Waals surface area (Å²) in [5.41, 5.74) is 2.37. The Morgan fingerprint density at radius 3 is 2.62 bits per heavy atom. The molecule has 3 heterocycles. The number of hydrogen-bond donors (Lipinski definition) is 1. The first-order valence-electron chi connectivity index (χ1n) is 14.6. The zero-order valence-corrected chi connectivity index (χ0v) is 24.4. The molecule has 1 saturated heterocycles. The average Bonchev–Trinajstić information content (AvgIpc) is 2.99. The largest absolute Gasteiger partial charge is 0.352 e. The van der Waals surface area contributed by atoms with Crippen LogP contribution >= 0.6 is 0 Å². The van der Waals surface area contributed by atoms with Crippen molar-refractivity contribution in [2.75, 3.05) is 26.2 Å². The van der Waals surface area contributed by atoms with Crippen molar-refractivity contribution in [3.05, 3.63) is 75.6 Å². The summed E-state index contributed by atoms with van der Waals surface area (Å²) in [5.74, 6) is -0.416. The molecule has 2 aliphatic heterocycles. The summed E-state index contributed by atoms with van der Waals surface area (Å²) in [6, 6.07) is 13.2. The number of fused-ring (bicyclic) bond motifs is 2. The van der Waals surface area contributed by atoms with E-state index in [-0.39, 0.29) is 15.8 Å². The van der Waals surface area contributed by atoms with Gasteiger partial charge in [-0.25, -0.2) is 8.42 Å². The number of likely N-dealkylation sites (tertiary alicyclic amines) is 1. The predicted molar refractivity (Wildman–Crippen MR) is 158 cm³/mol. The minimum absolute atomic E-state index is 0.0419. The molecule has 0 spiro atoms. The fourth-order valence-corrected chi connectivity index (χ4v) is 7.63. The number of hydrogen-bond acceptors (Lipinski definition) is 5. The van der Waals surface area contributed by atoms with Gasteiger partial charge in [-0.2, -0.15) is 4.31 Å². The molecule has 3 aromatic rings. The third-order valence-electron chi connectivity index (χ3n) is 8.50. The molecule has 0 aliphatic carbocycles. The van der Waals surface area contributed by atoms with Crippen LogP contribution in [0.15, 0.2) is 58.4 Å².